The minimum atomic E-state index is 0.0785. The highest BCUT2D eigenvalue weighted by Crippen LogP contribution is 2.37. The van der Waals surface area contributed by atoms with Crippen LogP contribution in [0.2, 0.25) is 0 Å². The molecule has 1 aromatic rings. The first-order valence-corrected chi connectivity index (χ1v) is 8.52. The molecule has 4 nitrogen and oxygen atoms in total. The van der Waals surface area contributed by atoms with Crippen LogP contribution in [-0.4, -0.2) is 42.6 Å². The summed E-state index contributed by atoms with van der Waals surface area (Å²) in [5, 5.41) is 0. The quantitative estimate of drug-likeness (QED) is 0.911. The Morgan fingerprint density at radius 3 is 2.76 bits per heavy atom. The van der Waals surface area contributed by atoms with Crippen molar-refractivity contribution in [1.82, 2.24) is 4.90 Å². The van der Waals surface area contributed by atoms with Crippen LogP contribution in [0.3, 0.4) is 0 Å². The topological polar surface area (TPSA) is 44.9 Å². The van der Waals surface area contributed by atoms with Crippen LogP contribution in [0.4, 0.5) is 5.69 Å². The van der Waals surface area contributed by atoms with Crippen molar-refractivity contribution in [2.24, 2.45) is 10.7 Å². The van der Waals surface area contributed by atoms with Crippen molar-refractivity contribution in [1.29, 1.82) is 0 Å². The summed E-state index contributed by atoms with van der Waals surface area (Å²) in [6.07, 6.45) is 3.48. The maximum absolute atomic E-state index is 6.21. The lowest BCUT2D eigenvalue weighted by Crippen LogP contribution is -2.57. The Balaban J connectivity index is 1.83. The van der Waals surface area contributed by atoms with E-state index in [1.165, 1.54) is 13.0 Å². The van der Waals surface area contributed by atoms with E-state index >= 15 is 0 Å². The molecule has 0 aromatic heterocycles. The summed E-state index contributed by atoms with van der Waals surface area (Å²) in [6, 6.07) is 8.36. The lowest BCUT2D eigenvalue weighted by Gasteiger charge is -2.45. The number of anilines is 1. The van der Waals surface area contributed by atoms with Crippen LogP contribution in [0.1, 0.15) is 26.2 Å². The Morgan fingerprint density at radius 1 is 1.33 bits per heavy atom. The molecule has 5 heteroatoms. The predicted molar refractivity (Wildman–Crippen MR) is 91.8 cm³/mol. The minimum absolute atomic E-state index is 0.0785. The maximum atomic E-state index is 6.21. The number of hydrogen-bond acceptors (Lipinski definition) is 4. The van der Waals surface area contributed by atoms with E-state index in [-0.39, 0.29) is 5.54 Å². The van der Waals surface area contributed by atoms with E-state index in [1.807, 2.05) is 6.07 Å². The Morgan fingerprint density at radius 2 is 2.10 bits per heavy atom. The molecule has 1 aromatic carbocycles. The van der Waals surface area contributed by atoms with Gasteiger partial charge in [-0.25, -0.2) is 0 Å². The Bertz CT molecular complexity index is 535. The van der Waals surface area contributed by atoms with Crippen LogP contribution < -0.4 is 10.6 Å². The van der Waals surface area contributed by atoms with Crippen molar-refractivity contribution >= 4 is 27.6 Å². The normalized spacial score (nSPS) is 21.8. The standard InChI is InChI=1S/C16H23BrN4/c1-2-8-20-9-6-16(7-10-20)12-19-15(18)21(16)14-5-3-4-13(17)11-14/h3-5,11H,2,6-10,12H2,1H3,(H2,18,19). The zero-order valence-electron chi connectivity index (χ0n) is 12.6. The predicted octanol–water partition coefficient (Wildman–Crippen LogP) is 2.83. The molecular formula is C16H23BrN4. The van der Waals surface area contributed by atoms with Gasteiger partial charge in [-0.1, -0.05) is 28.9 Å². The van der Waals surface area contributed by atoms with Gasteiger partial charge in [0.05, 0.1) is 12.1 Å². The zero-order valence-corrected chi connectivity index (χ0v) is 14.1. The Labute approximate surface area is 135 Å². The van der Waals surface area contributed by atoms with Gasteiger partial charge in [0.2, 0.25) is 0 Å². The highest BCUT2D eigenvalue weighted by molar-refractivity contribution is 9.10. The first-order valence-electron chi connectivity index (χ1n) is 7.73. The number of benzene rings is 1. The largest absolute Gasteiger partial charge is 0.369 e. The average molecular weight is 351 g/mol. The molecule has 2 aliphatic heterocycles. The molecule has 0 saturated carbocycles. The van der Waals surface area contributed by atoms with Crippen molar-refractivity contribution < 1.29 is 0 Å². The minimum Gasteiger partial charge on any atom is -0.369 e. The molecule has 0 amide bonds. The molecule has 0 bridgehead atoms. The van der Waals surface area contributed by atoms with Gasteiger partial charge in [0.1, 0.15) is 0 Å². The summed E-state index contributed by atoms with van der Waals surface area (Å²) < 4.78 is 1.08. The number of guanidine groups is 1. The maximum Gasteiger partial charge on any atom is 0.196 e. The zero-order chi connectivity index (χ0) is 14.9. The summed E-state index contributed by atoms with van der Waals surface area (Å²) in [6.45, 7) is 6.55. The van der Waals surface area contributed by atoms with Gasteiger partial charge in [-0.3, -0.25) is 4.99 Å². The van der Waals surface area contributed by atoms with Crippen LogP contribution in [0, 0.1) is 0 Å². The van der Waals surface area contributed by atoms with Crippen LogP contribution in [0.5, 0.6) is 0 Å². The first-order chi connectivity index (χ1) is 10.1. The molecule has 3 rings (SSSR count). The van der Waals surface area contributed by atoms with E-state index in [0.717, 1.165) is 42.6 Å². The average Bonchev–Trinajstić information content (AvgIpc) is 2.79. The number of likely N-dealkylation sites (tertiary alicyclic amines) is 1. The molecule has 0 unspecified atom stereocenters. The van der Waals surface area contributed by atoms with Crippen LogP contribution >= 0.6 is 15.9 Å². The van der Waals surface area contributed by atoms with Crippen molar-refractivity contribution in [3.8, 4) is 0 Å². The van der Waals surface area contributed by atoms with Crippen LogP contribution in [0.25, 0.3) is 0 Å². The van der Waals surface area contributed by atoms with Crippen molar-refractivity contribution in [2.75, 3.05) is 31.1 Å². The van der Waals surface area contributed by atoms with Gasteiger partial charge in [-0.2, -0.15) is 0 Å². The molecule has 114 valence electrons. The SMILES string of the molecule is CCCN1CCC2(CC1)CN=C(N)N2c1cccc(Br)c1. The van der Waals surface area contributed by atoms with E-state index in [9.17, 15) is 0 Å². The Hall–Kier alpha value is -1.07. The molecule has 0 radical (unpaired) electrons. The Kier molecular flexibility index (Phi) is 4.22. The number of nitrogens with two attached hydrogens (primary N) is 1. The molecule has 2 N–H and O–H groups in total. The number of hydrogen-bond donors (Lipinski definition) is 1. The highest BCUT2D eigenvalue weighted by Gasteiger charge is 2.45. The van der Waals surface area contributed by atoms with Crippen LogP contribution in [-0.2, 0) is 0 Å². The molecule has 21 heavy (non-hydrogen) atoms. The van der Waals surface area contributed by atoms with Crippen molar-refractivity contribution in [3.63, 3.8) is 0 Å². The molecule has 2 aliphatic rings. The second-order valence-electron chi connectivity index (χ2n) is 6.06. The van der Waals surface area contributed by atoms with Gasteiger partial charge >= 0.3 is 0 Å². The molecule has 0 atom stereocenters. The number of aliphatic imine (C=N–C) groups is 1. The first kappa shape index (κ1) is 14.9. The highest BCUT2D eigenvalue weighted by atomic mass is 79.9. The van der Waals surface area contributed by atoms with Crippen molar-refractivity contribution in [3.05, 3.63) is 28.7 Å². The second-order valence-corrected chi connectivity index (χ2v) is 6.97. The van der Waals surface area contributed by atoms with Crippen LogP contribution in [0.15, 0.2) is 33.7 Å². The third-order valence-electron chi connectivity index (χ3n) is 4.63. The molecule has 1 spiro atoms. The van der Waals surface area contributed by atoms with E-state index < -0.39 is 0 Å². The molecule has 2 heterocycles. The second kappa shape index (κ2) is 5.97. The number of rotatable bonds is 3. The van der Waals surface area contributed by atoms with Gasteiger partial charge in [0, 0.05) is 23.2 Å². The van der Waals surface area contributed by atoms with E-state index in [0.29, 0.717) is 5.96 Å². The van der Waals surface area contributed by atoms with Crippen molar-refractivity contribution in [2.45, 2.75) is 31.7 Å². The number of piperidine rings is 1. The molecular weight excluding hydrogens is 328 g/mol. The number of nitrogens with zero attached hydrogens (tertiary/aromatic N) is 3. The van der Waals surface area contributed by atoms with E-state index in [1.54, 1.807) is 0 Å². The molecule has 1 fully saturated rings. The summed E-state index contributed by atoms with van der Waals surface area (Å²) in [5.74, 6) is 0.664. The monoisotopic (exact) mass is 350 g/mol. The van der Waals surface area contributed by atoms with E-state index in [4.69, 9.17) is 5.73 Å². The third-order valence-corrected chi connectivity index (χ3v) is 5.13. The lowest BCUT2D eigenvalue weighted by atomic mass is 9.86. The molecule has 0 aliphatic carbocycles. The smallest absolute Gasteiger partial charge is 0.196 e. The number of halogens is 1. The fourth-order valence-electron chi connectivity index (χ4n) is 3.52. The van der Waals surface area contributed by atoms with Gasteiger partial charge in [-0.05, 0) is 44.0 Å². The fourth-order valence-corrected chi connectivity index (χ4v) is 3.91. The van der Waals surface area contributed by atoms with Gasteiger partial charge < -0.3 is 15.5 Å². The van der Waals surface area contributed by atoms with Gasteiger partial charge in [-0.15, -0.1) is 0 Å². The summed E-state index contributed by atoms with van der Waals surface area (Å²) >= 11 is 3.56. The summed E-state index contributed by atoms with van der Waals surface area (Å²) in [7, 11) is 0. The summed E-state index contributed by atoms with van der Waals surface area (Å²) in [5.41, 5.74) is 7.43. The molecule has 1 saturated heterocycles. The third kappa shape index (κ3) is 2.81. The van der Waals surface area contributed by atoms with E-state index in [2.05, 4.69) is 55.8 Å². The van der Waals surface area contributed by atoms with Gasteiger partial charge in [0.15, 0.2) is 5.96 Å². The lowest BCUT2D eigenvalue weighted by molar-refractivity contribution is 0.171. The fraction of sp³-hybridized carbons (Fsp3) is 0.562. The summed E-state index contributed by atoms with van der Waals surface area (Å²) in [4.78, 5) is 9.38. The van der Waals surface area contributed by atoms with Gasteiger partial charge in [0.25, 0.3) is 0 Å².